The van der Waals surface area contributed by atoms with Crippen molar-refractivity contribution < 1.29 is 18.9 Å². The molecule has 1 aliphatic rings. The van der Waals surface area contributed by atoms with Crippen molar-refractivity contribution in [2.24, 2.45) is 0 Å². The van der Waals surface area contributed by atoms with Crippen molar-refractivity contribution in [2.75, 3.05) is 4.90 Å². The second-order valence-electron chi connectivity index (χ2n) is 7.44. The highest BCUT2D eigenvalue weighted by molar-refractivity contribution is 7.80. The molecule has 1 fully saturated rings. The third kappa shape index (κ3) is 4.31. The fourth-order valence-corrected chi connectivity index (χ4v) is 3.74. The van der Waals surface area contributed by atoms with Crippen molar-refractivity contribution in [1.29, 1.82) is 0 Å². The highest BCUT2D eigenvalue weighted by Crippen LogP contribution is 2.29. The summed E-state index contributed by atoms with van der Waals surface area (Å²) in [7, 11) is 0. The van der Waals surface area contributed by atoms with Gasteiger partial charge in [0.1, 0.15) is 17.1 Å². The van der Waals surface area contributed by atoms with Gasteiger partial charge in [-0.3, -0.25) is 29.9 Å². The summed E-state index contributed by atoms with van der Waals surface area (Å²) in [6.07, 6.45) is 2.19. The van der Waals surface area contributed by atoms with E-state index in [2.05, 4.69) is 5.32 Å². The summed E-state index contributed by atoms with van der Waals surface area (Å²) in [6.45, 7) is 3.68. The van der Waals surface area contributed by atoms with Crippen molar-refractivity contribution in [3.63, 3.8) is 0 Å². The average Bonchev–Trinajstić information content (AvgIpc) is 3.26. The molecule has 1 aromatic heterocycles. The normalized spacial score (nSPS) is 15.2. The molecule has 0 spiro atoms. The van der Waals surface area contributed by atoms with Gasteiger partial charge in [-0.25, -0.2) is 0 Å². The molecule has 166 valence electrons. The molecule has 0 bridgehead atoms. The van der Waals surface area contributed by atoms with Crippen molar-refractivity contribution in [3.8, 4) is 11.3 Å². The number of hydrogen-bond acceptors (Lipinski definition) is 6. The van der Waals surface area contributed by atoms with E-state index in [4.69, 9.17) is 16.6 Å². The second kappa shape index (κ2) is 8.79. The molecule has 4 rings (SSSR count). The van der Waals surface area contributed by atoms with Gasteiger partial charge in [0.05, 0.1) is 10.6 Å². The first-order valence-electron chi connectivity index (χ1n) is 10.1. The maximum atomic E-state index is 13.1. The summed E-state index contributed by atoms with van der Waals surface area (Å²) in [5.41, 5.74) is 2.52. The van der Waals surface area contributed by atoms with Crippen LogP contribution in [-0.4, -0.2) is 21.9 Å². The highest BCUT2D eigenvalue weighted by Gasteiger charge is 2.34. The van der Waals surface area contributed by atoms with E-state index in [9.17, 15) is 19.7 Å². The summed E-state index contributed by atoms with van der Waals surface area (Å²) in [5.74, 6) is -0.579. The van der Waals surface area contributed by atoms with Crippen LogP contribution in [0.25, 0.3) is 17.4 Å². The molecule has 2 amide bonds. The number of nitrogens with zero attached hydrogens (tertiary/aromatic N) is 2. The number of hydrogen-bond donors (Lipinski definition) is 1. The molecule has 8 nitrogen and oxygen atoms in total. The van der Waals surface area contributed by atoms with E-state index < -0.39 is 16.7 Å². The minimum atomic E-state index is -0.629. The van der Waals surface area contributed by atoms with Gasteiger partial charge in [0.2, 0.25) is 0 Å². The number of furan rings is 1. The van der Waals surface area contributed by atoms with Gasteiger partial charge in [-0.1, -0.05) is 31.2 Å². The molecule has 0 radical (unpaired) electrons. The van der Waals surface area contributed by atoms with Crippen LogP contribution in [0.1, 0.15) is 23.8 Å². The van der Waals surface area contributed by atoms with Crippen molar-refractivity contribution in [1.82, 2.24) is 5.32 Å². The molecule has 9 heteroatoms. The number of carbonyl (C=O) groups is 2. The molecule has 2 heterocycles. The molecule has 33 heavy (non-hydrogen) atoms. The second-order valence-corrected chi connectivity index (χ2v) is 7.82. The van der Waals surface area contributed by atoms with Gasteiger partial charge in [0.25, 0.3) is 17.5 Å². The monoisotopic (exact) mass is 461 g/mol. The Balaban J connectivity index is 1.66. The molecule has 0 atom stereocenters. The third-order valence-electron chi connectivity index (χ3n) is 5.31. The molecule has 1 N–H and O–H groups in total. The van der Waals surface area contributed by atoms with Gasteiger partial charge in [-0.15, -0.1) is 0 Å². The Morgan fingerprint density at radius 1 is 1.12 bits per heavy atom. The average molecular weight is 461 g/mol. The van der Waals surface area contributed by atoms with Crippen LogP contribution in [0, 0.1) is 17.0 Å². The number of benzene rings is 2. The predicted molar refractivity (Wildman–Crippen MR) is 128 cm³/mol. The number of rotatable bonds is 5. The Bertz CT molecular complexity index is 1320. The van der Waals surface area contributed by atoms with Crippen LogP contribution >= 0.6 is 12.2 Å². The molecule has 0 aliphatic carbocycles. The van der Waals surface area contributed by atoms with Gasteiger partial charge in [-0.05, 0) is 61.5 Å². The van der Waals surface area contributed by atoms with E-state index in [1.54, 1.807) is 43.3 Å². The van der Waals surface area contributed by atoms with Crippen LogP contribution < -0.4 is 10.2 Å². The number of nitro benzene ring substituents is 1. The molecule has 2 aromatic carbocycles. The minimum Gasteiger partial charge on any atom is -0.457 e. The number of carbonyl (C=O) groups excluding carboxylic acids is 2. The van der Waals surface area contributed by atoms with Crippen LogP contribution in [0.3, 0.4) is 0 Å². The summed E-state index contributed by atoms with van der Waals surface area (Å²) < 4.78 is 5.76. The molecule has 1 saturated heterocycles. The fraction of sp³-hybridized carbons (Fsp3) is 0.125. The van der Waals surface area contributed by atoms with Gasteiger partial charge >= 0.3 is 0 Å². The van der Waals surface area contributed by atoms with Gasteiger partial charge in [0, 0.05) is 17.2 Å². The number of thiocarbonyl (C=S) groups is 1. The largest absolute Gasteiger partial charge is 0.457 e. The van der Waals surface area contributed by atoms with E-state index >= 15 is 0 Å². The van der Waals surface area contributed by atoms with Crippen molar-refractivity contribution in [2.45, 2.75) is 20.3 Å². The summed E-state index contributed by atoms with van der Waals surface area (Å²) >= 11 is 5.22. The first-order valence-corrected chi connectivity index (χ1v) is 10.5. The van der Waals surface area contributed by atoms with Crippen LogP contribution in [0.15, 0.2) is 64.6 Å². The Kier molecular flexibility index (Phi) is 5.89. The Morgan fingerprint density at radius 3 is 2.52 bits per heavy atom. The topological polar surface area (TPSA) is 106 Å². The van der Waals surface area contributed by atoms with E-state index in [0.717, 1.165) is 12.0 Å². The zero-order chi connectivity index (χ0) is 23.7. The quantitative estimate of drug-likeness (QED) is 0.196. The molecule has 0 saturated carbocycles. The predicted octanol–water partition coefficient (Wildman–Crippen LogP) is 4.56. The van der Waals surface area contributed by atoms with E-state index in [0.29, 0.717) is 22.6 Å². The number of nitrogens with one attached hydrogen (secondary N) is 1. The number of anilines is 1. The Labute approximate surface area is 194 Å². The van der Waals surface area contributed by atoms with Crippen molar-refractivity contribution >= 4 is 46.6 Å². The number of nitro groups is 1. The maximum absolute atomic E-state index is 13.1. The Morgan fingerprint density at radius 2 is 1.85 bits per heavy atom. The van der Waals surface area contributed by atoms with Crippen LogP contribution in [0.2, 0.25) is 0 Å². The fourth-order valence-electron chi connectivity index (χ4n) is 3.46. The van der Waals surface area contributed by atoms with E-state index in [-0.39, 0.29) is 22.1 Å². The molecular weight excluding hydrogens is 442 g/mol. The van der Waals surface area contributed by atoms with Gasteiger partial charge in [0.15, 0.2) is 5.11 Å². The summed E-state index contributed by atoms with van der Waals surface area (Å²) in [5, 5.41) is 13.8. The highest BCUT2D eigenvalue weighted by atomic mass is 32.1. The third-order valence-corrected chi connectivity index (χ3v) is 5.59. The zero-order valence-electron chi connectivity index (χ0n) is 17.8. The van der Waals surface area contributed by atoms with Gasteiger partial charge < -0.3 is 4.42 Å². The number of aryl methyl sites for hydroxylation is 2. The SMILES string of the molecule is CCc1ccc(N2C(=O)/C(=C/c3ccc(-c4ccc(C)c([N+](=O)[O-])c4)o3)C(=O)NC2=S)cc1. The lowest BCUT2D eigenvalue weighted by molar-refractivity contribution is -0.385. The van der Waals surface area contributed by atoms with Crippen molar-refractivity contribution in [3.05, 3.63) is 87.2 Å². The number of amides is 2. The Hall–Kier alpha value is -4.11. The minimum absolute atomic E-state index is 0.00139. The maximum Gasteiger partial charge on any atom is 0.273 e. The first-order chi connectivity index (χ1) is 15.8. The summed E-state index contributed by atoms with van der Waals surface area (Å²) in [4.78, 5) is 37.7. The van der Waals surface area contributed by atoms with E-state index in [1.807, 2.05) is 19.1 Å². The van der Waals surface area contributed by atoms with Crippen LogP contribution in [0.5, 0.6) is 0 Å². The lowest BCUT2D eigenvalue weighted by Crippen LogP contribution is -2.54. The smallest absolute Gasteiger partial charge is 0.273 e. The van der Waals surface area contributed by atoms with Crippen LogP contribution in [-0.2, 0) is 16.0 Å². The standard InChI is InChI=1S/C24H19N3O5S/c1-3-15-5-8-17(9-6-15)26-23(29)19(22(28)25-24(26)33)13-18-10-11-21(32-18)16-7-4-14(2)20(12-16)27(30)31/h4-13H,3H2,1-2H3,(H,25,28,33)/b19-13+. The molecular formula is C24H19N3O5S. The van der Waals surface area contributed by atoms with E-state index in [1.165, 1.54) is 17.0 Å². The lowest BCUT2D eigenvalue weighted by atomic mass is 10.1. The lowest BCUT2D eigenvalue weighted by Gasteiger charge is -2.28. The van der Waals surface area contributed by atoms with Crippen LogP contribution in [0.4, 0.5) is 11.4 Å². The zero-order valence-corrected chi connectivity index (χ0v) is 18.6. The summed E-state index contributed by atoms with van der Waals surface area (Å²) in [6, 6.07) is 15.3. The molecule has 0 unspecified atom stereocenters. The molecule has 1 aliphatic heterocycles. The first kappa shape index (κ1) is 22.1. The molecule has 3 aromatic rings. The van der Waals surface area contributed by atoms with Gasteiger partial charge in [-0.2, -0.15) is 0 Å².